The second-order valence-corrected chi connectivity index (χ2v) is 5.24. The normalized spacial score (nSPS) is 10.8. The lowest BCUT2D eigenvalue weighted by atomic mass is 9.99. The first-order chi connectivity index (χ1) is 11.1. The predicted octanol–water partition coefficient (Wildman–Crippen LogP) is 5.40. The number of hydrogen-bond acceptors (Lipinski definition) is 1. The molecule has 0 unspecified atom stereocenters. The summed E-state index contributed by atoms with van der Waals surface area (Å²) >= 11 is 0. The van der Waals surface area contributed by atoms with Crippen molar-refractivity contribution < 1.29 is 13.2 Å². The Morgan fingerprint density at radius 2 is 1.48 bits per heavy atom. The van der Waals surface area contributed by atoms with Crippen LogP contribution in [0, 0.1) is 17.6 Å². The molecule has 0 amide bonds. The molecule has 0 fully saturated rings. The third kappa shape index (κ3) is 3.11. The van der Waals surface area contributed by atoms with Gasteiger partial charge in [-0.25, -0.2) is 13.8 Å². The molecule has 0 bridgehead atoms. The maximum Gasteiger partial charge on any atom is 0.248 e. The summed E-state index contributed by atoms with van der Waals surface area (Å²) in [7, 11) is 0. The first-order valence-corrected chi connectivity index (χ1v) is 7.28. The number of benzene rings is 2. The van der Waals surface area contributed by atoms with Gasteiger partial charge in [0, 0.05) is 17.3 Å². The van der Waals surface area contributed by atoms with Crippen molar-refractivity contribution >= 4 is 0 Å². The Labute approximate surface area is 132 Å². The quantitative estimate of drug-likeness (QED) is 0.590. The second-order valence-electron chi connectivity index (χ2n) is 5.24. The van der Waals surface area contributed by atoms with Crippen LogP contribution >= 0.6 is 0 Å². The van der Waals surface area contributed by atoms with Crippen LogP contribution in [0.25, 0.3) is 22.3 Å². The number of aromatic nitrogens is 1. The number of rotatable bonds is 3. The number of halogens is 3. The van der Waals surface area contributed by atoms with Crippen molar-refractivity contribution in [1.82, 2.24) is 4.98 Å². The van der Waals surface area contributed by atoms with Gasteiger partial charge in [0.25, 0.3) is 0 Å². The van der Waals surface area contributed by atoms with Gasteiger partial charge < -0.3 is 0 Å². The zero-order valence-electron chi connectivity index (χ0n) is 12.5. The Morgan fingerprint density at radius 3 is 2.09 bits per heavy atom. The van der Waals surface area contributed by atoms with E-state index in [9.17, 15) is 13.2 Å². The Kier molecular flexibility index (Phi) is 4.15. The zero-order chi connectivity index (χ0) is 16.4. The molecule has 1 nitrogen and oxygen atoms in total. The number of aryl methyl sites for hydroxylation is 1. The highest BCUT2D eigenvalue weighted by Gasteiger charge is 2.08. The van der Waals surface area contributed by atoms with Gasteiger partial charge in [-0.2, -0.15) is 4.39 Å². The van der Waals surface area contributed by atoms with Crippen LogP contribution in [-0.2, 0) is 6.42 Å². The van der Waals surface area contributed by atoms with Crippen LogP contribution in [0.5, 0.6) is 0 Å². The van der Waals surface area contributed by atoms with Gasteiger partial charge in [-0.15, -0.1) is 0 Å². The van der Waals surface area contributed by atoms with Crippen molar-refractivity contribution in [2.24, 2.45) is 0 Å². The van der Waals surface area contributed by atoms with Gasteiger partial charge in [0.1, 0.15) is 5.82 Å². The third-order valence-corrected chi connectivity index (χ3v) is 3.77. The van der Waals surface area contributed by atoms with Crippen LogP contribution in [0.2, 0.25) is 0 Å². The molecular weight excluding hydrogens is 299 g/mol. The Morgan fingerprint density at radius 1 is 0.783 bits per heavy atom. The summed E-state index contributed by atoms with van der Waals surface area (Å²) in [6.45, 7) is 1.97. The molecule has 0 atom stereocenters. The van der Waals surface area contributed by atoms with Gasteiger partial charge in [-0.3, -0.25) is 0 Å². The van der Waals surface area contributed by atoms with Crippen LogP contribution < -0.4 is 0 Å². The van der Waals surface area contributed by atoms with Crippen LogP contribution in [0.4, 0.5) is 13.2 Å². The lowest BCUT2D eigenvalue weighted by molar-refractivity contribution is 0.480. The largest absolute Gasteiger partial charge is 0.248 e. The van der Waals surface area contributed by atoms with Crippen molar-refractivity contribution in [2.45, 2.75) is 13.3 Å². The van der Waals surface area contributed by atoms with E-state index in [-0.39, 0.29) is 5.82 Å². The summed E-state index contributed by atoms with van der Waals surface area (Å²) in [5, 5.41) is 0. The first-order valence-electron chi connectivity index (χ1n) is 7.28. The molecule has 0 spiro atoms. The second kappa shape index (κ2) is 6.24. The molecule has 0 aliphatic heterocycles. The van der Waals surface area contributed by atoms with Crippen molar-refractivity contribution in [1.29, 1.82) is 0 Å². The molecule has 0 aliphatic rings. The average molecular weight is 313 g/mol. The Hall–Kier alpha value is -2.62. The van der Waals surface area contributed by atoms with Crippen LogP contribution in [0.3, 0.4) is 0 Å². The maximum absolute atomic E-state index is 14.1. The van der Waals surface area contributed by atoms with Crippen molar-refractivity contribution in [2.75, 3.05) is 0 Å². The molecule has 1 aromatic heterocycles. The predicted molar refractivity (Wildman–Crippen MR) is 84.4 cm³/mol. The molecule has 0 aliphatic carbocycles. The van der Waals surface area contributed by atoms with E-state index in [0.717, 1.165) is 23.6 Å². The molecule has 0 saturated carbocycles. The summed E-state index contributed by atoms with van der Waals surface area (Å²) in [5.74, 6) is -2.39. The number of pyridine rings is 1. The standard InChI is InChI=1S/C19H14F3N/c1-2-12-3-8-16(17(20)9-12)14-6-4-13(5-7-14)15-10-18(21)19(22)23-11-15/h3-11H,2H2,1H3. The van der Waals surface area contributed by atoms with Crippen molar-refractivity contribution in [3.05, 3.63) is 77.9 Å². The summed E-state index contributed by atoms with van der Waals surface area (Å²) in [6.07, 6.45) is 2.04. The van der Waals surface area contributed by atoms with Gasteiger partial charge in [-0.1, -0.05) is 43.3 Å². The smallest absolute Gasteiger partial charge is 0.225 e. The van der Waals surface area contributed by atoms with Crippen LogP contribution in [0.15, 0.2) is 54.7 Å². The van der Waals surface area contributed by atoms with E-state index in [1.807, 2.05) is 13.0 Å². The molecule has 116 valence electrons. The van der Waals surface area contributed by atoms with E-state index in [4.69, 9.17) is 0 Å². The third-order valence-electron chi connectivity index (χ3n) is 3.77. The lowest BCUT2D eigenvalue weighted by Crippen LogP contribution is -1.91. The van der Waals surface area contributed by atoms with Crippen LogP contribution in [-0.4, -0.2) is 4.98 Å². The fourth-order valence-electron chi connectivity index (χ4n) is 2.43. The molecule has 0 radical (unpaired) electrons. The number of hydrogen-bond donors (Lipinski definition) is 0. The van der Waals surface area contributed by atoms with E-state index >= 15 is 0 Å². The molecule has 23 heavy (non-hydrogen) atoms. The molecule has 2 aromatic carbocycles. The summed E-state index contributed by atoms with van der Waals surface area (Å²) in [6, 6.07) is 13.2. The molecular formula is C19H14F3N. The fraction of sp³-hybridized carbons (Fsp3) is 0.105. The van der Waals surface area contributed by atoms with Crippen LogP contribution in [0.1, 0.15) is 12.5 Å². The topological polar surface area (TPSA) is 12.9 Å². The van der Waals surface area contributed by atoms with Gasteiger partial charge in [-0.05, 0) is 35.2 Å². The molecule has 1 heterocycles. The van der Waals surface area contributed by atoms with Gasteiger partial charge in [0.15, 0.2) is 5.82 Å². The van der Waals surface area contributed by atoms with E-state index in [0.29, 0.717) is 16.7 Å². The SMILES string of the molecule is CCc1ccc(-c2ccc(-c3cnc(F)c(F)c3)cc2)c(F)c1. The van der Waals surface area contributed by atoms with Gasteiger partial charge >= 0.3 is 0 Å². The lowest BCUT2D eigenvalue weighted by Gasteiger charge is -2.07. The number of nitrogens with zero attached hydrogens (tertiary/aromatic N) is 1. The minimum absolute atomic E-state index is 0.272. The van der Waals surface area contributed by atoms with Gasteiger partial charge in [0.05, 0.1) is 0 Å². The Bertz CT molecular complexity index is 842. The van der Waals surface area contributed by atoms with Gasteiger partial charge in [0.2, 0.25) is 5.95 Å². The highest BCUT2D eigenvalue weighted by Crippen LogP contribution is 2.27. The molecule has 3 rings (SSSR count). The summed E-state index contributed by atoms with van der Waals surface area (Å²) in [5.41, 5.74) is 3.33. The molecule has 4 heteroatoms. The molecule has 0 saturated heterocycles. The van der Waals surface area contributed by atoms with E-state index < -0.39 is 11.8 Å². The van der Waals surface area contributed by atoms with Crippen molar-refractivity contribution in [3.63, 3.8) is 0 Å². The minimum Gasteiger partial charge on any atom is -0.225 e. The highest BCUT2D eigenvalue weighted by molar-refractivity contribution is 5.70. The summed E-state index contributed by atoms with van der Waals surface area (Å²) < 4.78 is 40.3. The molecule has 0 N–H and O–H groups in total. The fourth-order valence-corrected chi connectivity index (χ4v) is 2.43. The van der Waals surface area contributed by atoms with E-state index in [1.165, 1.54) is 12.3 Å². The van der Waals surface area contributed by atoms with Crippen molar-refractivity contribution in [3.8, 4) is 22.3 Å². The highest BCUT2D eigenvalue weighted by atomic mass is 19.2. The average Bonchev–Trinajstić information content (AvgIpc) is 2.57. The zero-order valence-corrected chi connectivity index (χ0v) is 12.5. The Balaban J connectivity index is 1.94. The van der Waals surface area contributed by atoms with E-state index in [1.54, 1.807) is 30.3 Å². The maximum atomic E-state index is 14.1. The monoisotopic (exact) mass is 313 g/mol. The van der Waals surface area contributed by atoms with E-state index in [2.05, 4.69) is 4.98 Å². The first kappa shape index (κ1) is 15.3. The minimum atomic E-state index is -1.12. The molecule has 3 aromatic rings. The summed E-state index contributed by atoms with van der Waals surface area (Å²) in [4.78, 5) is 3.37.